The van der Waals surface area contributed by atoms with Gasteiger partial charge in [0.2, 0.25) is 0 Å². The lowest BCUT2D eigenvalue weighted by molar-refractivity contribution is 0.998. The Hall–Kier alpha value is -4.10. The van der Waals surface area contributed by atoms with E-state index in [1.165, 1.54) is 83.0 Å². The monoisotopic (exact) mass is 477 g/mol. The van der Waals surface area contributed by atoms with Crippen LogP contribution in [0, 0.1) is 27.7 Å². The number of aromatic nitrogens is 1. The molecule has 5 aromatic carbocycles. The standard InChI is InChI=1S/C36H31N/c1-21-9-12-29-30(16-21)32-18-23(3)15-24(4)35(32)36(29)27-8-6-7-25(19-27)26-11-13-28-31-17-22(2)10-14-33(31)37(5)34(28)20-26/h6-20,36H,1-5H3. The molecule has 1 aliphatic rings. The summed E-state index contributed by atoms with van der Waals surface area (Å²) < 4.78 is 2.33. The average molecular weight is 478 g/mol. The van der Waals surface area contributed by atoms with Crippen molar-refractivity contribution < 1.29 is 0 Å². The molecule has 6 aromatic rings. The van der Waals surface area contributed by atoms with Gasteiger partial charge in [0.15, 0.2) is 0 Å². The normalized spacial score (nSPS) is 14.4. The summed E-state index contributed by atoms with van der Waals surface area (Å²) in [6.45, 7) is 8.85. The van der Waals surface area contributed by atoms with E-state index in [4.69, 9.17) is 0 Å². The molecule has 1 aromatic heterocycles. The molecule has 180 valence electrons. The van der Waals surface area contributed by atoms with Gasteiger partial charge in [-0.15, -0.1) is 0 Å². The Morgan fingerprint density at radius 1 is 0.568 bits per heavy atom. The molecule has 0 spiro atoms. The van der Waals surface area contributed by atoms with Gasteiger partial charge >= 0.3 is 0 Å². The maximum absolute atomic E-state index is 2.41. The van der Waals surface area contributed by atoms with Crippen molar-refractivity contribution in [3.05, 3.63) is 130 Å². The number of benzene rings is 5. The van der Waals surface area contributed by atoms with Gasteiger partial charge in [-0.1, -0.05) is 89.5 Å². The molecule has 0 amide bonds. The van der Waals surface area contributed by atoms with Crippen molar-refractivity contribution in [2.75, 3.05) is 0 Å². The van der Waals surface area contributed by atoms with Crippen LogP contribution in [0.3, 0.4) is 0 Å². The first-order valence-corrected chi connectivity index (χ1v) is 13.2. The van der Waals surface area contributed by atoms with Crippen LogP contribution in [0.2, 0.25) is 0 Å². The van der Waals surface area contributed by atoms with E-state index in [9.17, 15) is 0 Å². The highest BCUT2D eigenvalue weighted by Gasteiger charge is 2.31. The number of hydrogen-bond acceptors (Lipinski definition) is 0. The minimum Gasteiger partial charge on any atom is -0.344 e. The van der Waals surface area contributed by atoms with Crippen LogP contribution in [-0.2, 0) is 7.05 Å². The van der Waals surface area contributed by atoms with Gasteiger partial charge in [0.05, 0.1) is 0 Å². The second kappa shape index (κ2) is 7.95. The van der Waals surface area contributed by atoms with Gasteiger partial charge in [-0.05, 0) is 90.4 Å². The lowest BCUT2D eigenvalue weighted by Gasteiger charge is -2.18. The molecule has 7 rings (SSSR count). The summed E-state index contributed by atoms with van der Waals surface area (Å²) in [4.78, 5) is 0. The lowest BCUT2D eigenvalue weighted by atomic mass is 9.85. The van der Waals surface area contributed by atoms with E-state index in [1.807, 2.05) is 0 Å². The first-order chi connectivity index (χ1) is 17.9. The third kappa shape index (κ3) is 3.30. The molecule has 1 aliphatic carbocycles. The Kier molecular flexibility index (Phi) is 4.75. The molecule has 37 heavy (non-hydrogen) atoms. The molecule has 0 saturated carbocycles. The molecule has 1 unspecified atom stereocenters. The number of rotatable bonds is 2. The fourth-order valence-corrected chi connectivity index (χ4v) is 6.64. The molecular weight excluding hydrogens is 446 g/mol. The molecular formula is C36H31N. The SMILES string of the molecule is Cc1ccc2c(c1)-c1cc(C)cc(C)c1C2c1cccc(-c2ccc3c4cc(C)ccc4n(C)c3c2)c1. The Balaban J connectivity index is 1.40. The highest BCUT2D eigenvalue weighted by molar-refractivity contribution is 6.09. The van der Waals surface area contributed by atoms with E-state index in [0.717, 1.165) is 0 Å². The average Bonchev–Trinajstić information content (AvgIpc) is 3.35. The second-order valence-corrected chi connectivity index (χ2v) is 11.0. The van der Waals surface area contributed by atoms with Crippen molar-refractivity contribution in [1.29, 1.82) is 0 Å². The Bertz CT molecular complexity index is 1880. The fraction of sp³-hybridized carbons (Fsp3) is 0.167. The summed E-state index contributed by atoms with van der Waals surface area (Å²) in [6, 6.07) is 34.6. The van der Waals surface area contributed by atoms with Crippen LogP contribution >= 0.6 is 0 Å². The van der Waals surface area contributed by atoms with Crippen LogP contribution in [0.1, 0.15) is 44.9 Å². The lowest BCUT2D eigenvalue weighted by Crippen LogP contribution is -2.02. The largest absolute Gasteiger partial charge is 0.344 e. The van der Waals surface area contributed by atoms with E-state index in [-0.39, 0.29) is 5.92 Å². The van der Waals surface area contributed by atoms with Gasteiger partial charge in [-0.3, -0.25) is 0 Å². The summed E-state index contributed by atoms with van der Waals surface area (Å²) >= 11 is 0. The molecule has 1 nitrogen and oxygen atoms in total. The minimum absolute atomic E-state index is 0.260. The van der Waals surface area contributed by atoms with Crippen LogP contribution in [0.5, 0.6) is 0 Å². The summed E-state index contributed by atoms with van der Waals surface area (Å²) in [5.41, 5.74) is 17.5. The molecule has 0 aliphatic heterocycles. The smallest absolute Gasteiger partial charge is 0.0494 e. The van der Waals surface area contributed by atoms with Crippen molar-refractivity contribution >= 4 is 21.8 Å². The molecule has 0 bridgehead atoms. The zero-order chi connectivity index (χ0) is 25.4. The van der Waals surface area contributed by atoms with Gasteiger partial charge in [-0.2, -0.15) is 0 Å². The Labute approximate surface area is 219 Å². The summed E-state index contributed by atoms with van der Waals surface area (Å²) in [5, 5.41) is 2.65. The quantitative estimate of drug-likeness (QED) is 0.234. The molecule has 1 heterocycles. The number of nitrogens with zero attached hydrogens (tertiary/aromatic N) is 1. The van der Waals surface area contributed by atoms with Crippen molar-refractivity contribution in [2.45, 2.75) is 33.6 Å². The molecule has 1 heteroatoms. The van der Waals surface area contributed by atoms with E-state index in [1.54, 1.807) is 0 Å². The zero-order valence-corrected chi connectivity index (χ0v) is 22.2. The predicted octanol–water partition coefficient (Wildman–Crippen LogP) is 9.39. The van der Waals surface area contributed by atoms with Crippen LogP contribution < -0.4 is 0 Å². The van der Waals surface area contributed by atoms with Gasteiger partial charge < -0.3 is 4.57 Å². The van der Waals surface area contributed by atoms with Crippen molar-refractivity contribution in [3.63, 3.8) is 0 Å². The third-order valence-corrected chi connectivity index (χ3v) is 8.35. The summed E-state index contributed by atoms with van der Waals surface area (Å²) in [5.74, 6) is 0.260. The summed E-state index contributed by atoms with van der Waals surface area (Å²) in [7, 11) is 2.18. The van der Waals surface area contributed by atoms with Crippen LogP contribution in [-0.4, -0.2) is 4.57 Å². The van der Waals surface area contributed by atoms with Gasteiger partial charge in [0.1, 0.15) is 0 Å². The fourth-order valence-electron chi connectivity index (χ4n) is 6.64. The van der Waals surface area contributed by atoms with Crippen molar-refractivity contribution in [3.8, 4) is 22.3 Å². The number of hydrogen-bond donors (Lipinski definition) is 0. The second-order valence-electron chi connectivity index (χ2n) is 11.0. The van der Waals surface area contributed by atoms with Crippen molar-refractivity contribution in [1.82, 2.24) is 4.57 Å². The highest BCUT2D eigenvalue weighted by atomic mass is 14.9. The van der Waals surface area contributed by atoms with Gasteiger partial charge in [0, 0.05) is 34.8 Å². The summed E-state index contributed by atoms with van der Waals surface area (Å²) in [6.07, 6.45) is 0. The third-order valence-electron chi connectivity index (χ3n) is 8.35. The van der Waals surface area contributed by atoms with Gasteiger partial charge in [0.25, 0.3) is 0 Å². The number of aryl methyl sites for hydroxylation is 5. The molecule has 0 fully saturated rings. The van der Waals surface area contributed by atoms with E-state index in [2.05, 4.69) is 130 Å². The van der Waals surface area contributed by atoms with E-state index < -0.39 is 0 Å². The van der Waals surface area contributed by atoms with E-state index in [0.29, 0.717) is 0 Å². The number of fused-ring (bicyclic) bond motifs is 6. The maximum atomic E-state index is 2.41. The highest BCUT2D eigenvalue weighted by Crippen LogP contribution is 2.50. The Morgan fingerprint density at radius 2 is 1.32 bits per heavy atom. The molecule has 0 N–H and O–H groups in total. The first kappa shape index (κ1) is 22.1. The van der Waals surface area contributed by atoms with Gasteiger partial charge in [-0.25, -0.2) is 0 Å². The molecule has 0 radical (unpaired) electrons. The topological polar surface area (TPSA) is 4.93 Å². The van der Waals surface area contributed by atoms with Crippen LogP contribution in [0.15, 0.2) is 91.0 Å². The Morgan fingerprint density at radius 3 is 2.19 bits per heavy atom. The van der Waals surface area contributed by atoms with Crippen LogP contribution in [0.25, 0.3) is 44.1 Å². The molecule has 1 atom stereocenters. The van der Waals surface area contributed by atoms with Crippen LogP contribution in [0.4, 0.5) is 0 Å². The predicted molar refractivity (Wildman–Crippen MR) is 158 cm³/mol. The van der Waals surface area contributed by atoms with Crippen molar-refractivity contribution in [2.24, 2.45) is 7.05 Å². The minimum atomic E-state index is 0.260. The first-order valence-electron chi connectivity index (χ1n) is 13.2. The zero-order valence-electron chi connectivity index (χ0n) is 22.2. The maximum Gasteiger partial charge on any atom is 0.0494 e. The molecule has 0 saturated heterocycles. The van der Waals surface area contributed by atoms with E-state index >= 15 is 0 Å².